The molecule has 0 amide bonds. The first kappa shape index (κ1) is 15.0. The van der Waals surface area contributed by atoms with Crippen molar-refractivity contribution in [3.05, 3.63) is 57.0 Å². The molecule has 9 heteroatoms. The number of anilines is 1. The zero-order valence-corrected chi connectivity index (χ0v) is 13.1. The molecule has 2 aromatic carbocycles. The van der Waals surface area contributed by atoms with Crippen molar-refractivity contribution in [2.24, 2.45) is 0 Å². The smallest absolute Gasteiger partial charge is 0.408 e. The van der Waals surface area contributed by atoms with Gasteiger partial charge in [-0.2, -0.15) is 0 Å². The van der Waals surface area contributed by atoms with Crippen LogP contribution in [0.5, 0.6) is 0 Å². The van der Waals surface area contributed by atoms with Crippen molar-refractivity contribution in [1.29, 1.82) is 0 Å². The molecule has 6 nitrogen and oxygen atoms in total. The van der Waals surface area contributed by atoms with Crippen molar-refractivity contribution in [3.63, 3.8) is 0 Å². The molecule has 3 aromatic rings. The highest BCUT2D eigenvalue weighted by Crippen LogP contribution is 2.25. The highest BCUT2D eigenvalue weighted by Gasteiger charge is 2.16. The number of hydrogen-bond donors (Lipinski definition) is 2. The van der Waals surface area contributed by atoms with Crippen LogP contribution in [-0.4, -0.2) is 13.4 Å². The van der Waals surface area contributed by atoms with E-state index in [-0.39, 0.29) is 16.2 Å². The third kappa shape index (κ3) is 2.96. The number of nitrogens with one attached hydrogen (secondary N) is 2. The van der Waals surface area contributed by atoms with Gasteiger partial charge < -0.3 is 4.42 Å². The predicted molar refractivity (Wildman–Crippen MR) is 84.1 cm³/mol. The molecule has 0 saturated carbocycles. The Balaban J connectivity index is 2.01. The number of H-pyrrole nitrogens is 1. The molecule has 1 aromatic heterocycles. The van der Waals surface area contributed by atoms with Gasteiger partial charge in [-0.3, -0.25) is 9.71 Å². The van der Waals surface area contributed by atoms with E-state index in [1.807, 2.05) is 0 Å². The van der Waals surface area contributed by atoms with Gasteiger partial charge in [-0.05, 0) is 30.3 Å². The van der Waals surface area contributed by atoms with E-state index in [4.69, 9.17) is 27.6 Å². The fourth-order valence-electron chi connectivity index (χ4n) is 1.92. The normalized spacial score (nSPS) is 11.7. The van der Waals surface area contributed by atoms with Crippen molar-refractivity contribution >= 4 is 50.0 Å². The number of halogens is 2. The van der Waals surface area contributed by atoms with Gasteiger partial charge in [0.25, 0.3) is 10.0 Å². The summed E-state index contributed by atoms with van der Waals surface area (Å²) in [6.45, 7) is 0. The summed E-state index contributed by atoms with van der Waals surface area (Å²) in [5.74, 6) is -0.654. The van der Waals surface area contributed by atoms with Gasteiger partial charge >= 0.3 is 5.76 Å². The monoisotopic (exact) mass is 358 g/mol. The van der Waals surface area contributed by atoms with Crippen molar-refractivity contribution < 1.29 is 12.8 Å². The van der Waals surface area contributed by atoms with Gasteiger partial charge in [0.1, 0.15) is 0 Å². The average molecular weight is 359 g/mol. The fourth-order valence-corrected chi connectivity index (χ4v) is 3.50. The van der Waals surface area contributed by atoms with Crippen LogP contribution in [0.25, 0.3) is 11.1 Å². The van der Waals surface area contributed by atoms with Crippen molar-refractivity contribution in [2.45, 2.75) is 4.90 Å². The molecule has 0 saturated heterocycles. The summed E-state index contributed by atoms with van der Waals surface area (Å²) in [7, 11) is -3.87. The summed E-state index contributed by atoms with van der Waals surface area (Å²) < 4.78 is 31.9. The number of sulfonamides is 1. The van der Waals surface area contributed by atoms with E-state index in [1.165, 1.54) is 36.4 Å². The largest absolute Gasteiger partial charge is 0.417 e. The van der Waals surface area contributed by atoms with Gasteiger partial charge in [0, 0.05) is 16.1 Å². The molecule has 0 fully saturated rings. The van der Waals surface area contributed by atoms with Crippen LogP contribution in [-0.2, 0) is 10.0 Å². The Morgan fingerprint density at radius 3 is 2.41 bits per heavy atom. The summed E-state index contributed by atoms with van der Waals surface area (Å²) in [6, 6.07) is 8.39. The topological polar surface area (TPSA) is 92.2 Å². The fraction of sp³-hybridized carbons (Fsp3) is 0. The van der Waals surface area contributed by atoms with Gasteiger partial charge in [-0.15, -0.1) is 0 Å². The van der Waals surface area contributed by atoms with Gasteiger partial charge in [0.05, 0.1) is 16.1 Å². The van der Waals surface area contributed by atoms with Crippen LogP contribution in [0.3, 0.4) is 0 Å². The minimum atomic E-state index is -3.87. The third-order valence-corrected chi connectivity index (χ3v) is 4.63. The molecule has 0 bridgehead atoms. The Hall–Kier alpha value is -1.96. The molecule has 3 rings (SSSR count). The van der Waals surface area contributed by atoms with Crippen LogP contribution in [0.2, 0.25) is 10.0 Å². The van der Waals surface area contributed by atoms with Gasteiger partial charge in [0.2, 0.25) is 0 Å². The maximum absolute atomic E-state index is 12.3. The Morgan fingerprint density at radius 1 is 1.05 bits per heavy atom. The zero-order chi connectivity index (χ0) is 15.9. The summed E-state index contributed by atoms with van der Waals surface area (Å²) in [5.41, 5.74) is 0.792. The second-order valence-electron chi connectivity index (χ2n) is 4.44. The Bertz CT molecular complexity index is 1000. The Morgan fingerprint density at radius 2 is 1.73 bits per heavy atom. The molecule has 0 atom stereocenters. The lowest BCUT2D eigenvalue weighted by Gasteiger charge is -2.08. The molecule has 0 aliphatic heterocycles. The molecule has 22 heavy (non-hydrogen) atoms. The maximum Gasteiger partial charge on any atom is 0.417 e. The molecule has 0 aliphatic rings. The van der Waals surface area contributed by atoms with Gasteiger partial charge in [-0.25, -0.2) is 13.2 Å². The van der Waals surface area contributed by atoms with E-state index in [9.17, 15) is 13.2 Å². The van der Waals surface area contributed by atoms with E-state index in [1.54, 1.807) is 0 Å². The van der Waals surface area contributed by atoms with Crippen molar-refractivity contribution in [3.8, 4) is 0 Å². The van der Waals surface area contributed by atoms with Crippen LogP contribution in [0.1, 0.15) is 0 Å². The second-order valence-corrected chi connectivity index (χ2v) is 6.99. The minimum absolute atomic E-state index is 0.0566. The molecular weight excluding hydrogens is 351 g/mol. The van der Waals surface area contributed by atoms with E-state index in [2.05, 4.69) is 9.71 Å². The number of hydrogen-bond acceptors (Lipinski definition) is 4. The number of oxazole rings is 1. The minimum Gasteiger partial charge on any atom is -0.408 e. The van der Waals surface area contributed by atoms with Crippen LogP contribution >= 0.6 is 23.2 Å². The number of aromatic nitrogens is 1. The molecule has 2 N–H and O–H groups in total. The first-order valence-corrected chi connectivity index (χ1v) is 8.19. The molecule has 0 aliphatic carbocycles. The second kappa shape index (κ2) is 5.35. The van der Waals surface area contributed by atoms with Crippen LogP contribution in [0.4, 0.5) is 5.69 Å². The highest BCUT2D eigenvalue weighted by molar-refractivity contribution is 7.92. The average Bonchev–Trinajstić information content (AvgIpc) is 2.75. The first-order chi connectivity index (χ1) is 10.3. The summed E-state index contributed by atoms with van der Waals surface area (Å²) in [5, 5.41) is 0.606. The molecule has 114 valence electrons. The Labute approximate surface area is 134 Å². The Kier molecular flexibility index (Phi) is 3.64. The first-order valence-electron chi connectivity index (χ1n) is 5.95. The van der Waals surface area contributed by atoms with E-state index in [0.717, 1.165) is 0 Å². The van der Waals surface area contributed by atoms with Gasteiger partial charge in [-0.1, -0.05) is 23.2 Å². The molecule has 1 heterocycles. The van der Waals surface area contributed by atoms with Crippen LogP contribution in [0, 0.1) is 0 Å². The highest BCUT2D eigenvalue weighted by atomic mass is 35.5. The number of rotatable bonds is 3. The van der Waals surface area contributed by atoms with Gasteiger partial charge in [0.15, 0.2) is 5.58 Å². The lowest BCUT2D eigenvalue weighted by molar-refractivity contribution is 0.554. The van der Waals surface area contributed by atoms with Crippen LogP contribution in [0.15, 0.2) is 50.5 Å². The zero-order valence-electron chi connectivity index (χ0n) is 10.8. The molecule has 0 radical (unpaired) electrons. The van der Waals surface area contributed by atoms with Crippen LogP contribution < -0.4 is 10.5 Å². The molecular formula is C13H8Cl2N2O4S. The molecule has 0 unspecified atom stereocenters. The predicted octanol–water partition coefficient (Wildman–Crippen LogP) is 3.23. The van der Waals surface area contributed by atoms with E-state index in [0.29, 0.717) is 15.6 Å². The number of fused-ring (bicyclic) bond motifs is 1. The quantitative estimate of drug-likeness (QED) is 0.751. The lowest BCUT2D eigenvalue weighted by Crippen LogP contribution is -2.12. The van der Waals surface area contributed by atoms with E-state index >= 15 is 0 Å². The lowest BCUT2D eigenvalue weighted by atomic mass is 10.3. The standard InChI is InChI=1S/C13H8Cl2N2O4S/c14-7-3-8(15)5-9(4-7)17-22(19,20)10-1-2-11-12(6-10)21-13(18)16-11/h1-6,17H,(H,16,18). The van der Waals surface area contributed by atoms with Crippen molar-refractivity contribution in [1.82, 2.24) is 4.98 Å². The third-order valence-electron chi connectivity index (χ3n) is 2.82. The number of aromatic amines is 1. The molecule has 0 spiro atoms. The summed E-state index contributed by atoms with van der Waals surface area (Å²) in [4.78, 5) is 13.5. The summed E-state index contributed by atoms with van der Waals surface area (Å²) in [6.07, 6.45) is 0. The number of benzene rings is 2. The van der Waals surface area contributed by atoms with E-state index < -0.39 is 15.8 Å². The maximum atomic E-state index is 12.3. The van der Waals surface area contributed by atoms with Crippen molar-refractivity contribution in [2.75, 3.05) is 4.72 Å². The SMILES string of the molecule is O=c1[nH]c2ccc(S(=O)(=O)Nc3cc(Cl)cc(Cl)c3)cc2o1. The summed E-state index contributed by atoms with van der Waals surface area (Å²) >= 11 is 11.7.